The van der Waals surface area contributed by atoms with Gasteiger partial charge in [-0.15, -0.1) is 6.58 Å². The number of para-hydroxylation sites is 1. The van der Waals surface area contributed by atoms with E-state index in [4.69, 9.17) is 0 Å². The van der Waals surface area contributed by atoms with E-state index >= 15 is 0 Å². The molecule has 3 aromatic carbocycles. The molecule has 1 amide bonds. The monoisotopic (exact) mass is 420 g/mol. The summed E-state index contributed by atoms with van der Waals surface area (Å²) in [6.45, 7) is 6.36. The van der Waals surface area contributed by atoms with Crippen molar-refractivity contribution in [3.8, 4) is 0 Å². The predicted octanol–water partition coefficient (Wildman–Crippen LogP) is 4.62. The molecule has 0 aromatic heterocycles. The van der Waals surface area contributed by atoms with Crippen LogP contribution in [0.2, 0.25) is 0 Å². The Bertz CT molecular complexity index is 1120. The summed E-state index contributed by atoms with van der Waals surface area (Å²) in [5.74, 6) is -0.277. The fourth-order valence-corrected chi connectivity index (χ4v) is 4.11. The normalized spacial score (nSPS) is 11.0. The molecule has 5 nitrogen and oxygen atoms in total. The zero-order chi connectivity index (χ0) is 21.6. The SMILES string of the molecule is C=CCN(Cc1ccccc1)C(=O)c1ccccc1NS(=O)(=O)c1ccc(C)cc1. The van der Waals surface area contributed by atoms with E-state index in [1.807, 2.05) is 37.3 Å². The third-order valence-electron chi connectivity index (χ3n) is 4.59. The Morgan fingerprint density at radius 3 is 2.27 bits per heavy atom. The van der Waals surface area contributed by atoms with Gasteiger partial charge >= 0.3 is 0 Å². The predicted molar refractivity (Wildman–Crippen MR) is 120 cm³/mol. The number of amides is 1. The first-order chi connectivity index (χ1) is 14.4. The van der Waals surface area contributed by atoms with Gasteiger partial charge in [0.1, 0.15) is 0 Å². The van der Waals surface area contributed by atoms with Crippen molar-refractivity contribution >= 4 is 21.6 Å². The third kappa shape index (κ3) is 5.15. The molecule has 0 aliphatic rings. The summed E-state index contributed by atoms with van der Waals surface area (Å²) < 4.78 is 28.2. The number of sulfonamides is 1. The maximum absolute atomic E-state index is 13.3. The standard InChI is InChI=1S/C24H24N2O3S/c1-3-17-26(18-20-9-5-4-6-10-20)24(27)22-11-7-8-12-23(22)25-30(28,29)21-15-13-19(2)14-16-21/h3-16,25H,1,17-18H2,2H3. The van der Waals surface area contributed by atoms with Crippen LogP contribution < -0.4 is 4.72 Å². The van der Waals surface area contributed by atoms with Gasteiger partial charge in [-0.3, -0.25) is 9.52 Å². The molecule has 3 rings (SSSR count). The van der Waals surface area contributed by atoms with E-state index in [1.165, 1.54) is 0 Å². The number of carbonyl (C=O) groups excluding carboxylic acids is 1. The number of nitrogens with zero attached hydrogens (tertiary/aromatic N) is 1. The van der Waals surface area contributed by atoms with E-state index in [1.54, 1.807) is 59.5 Å². The van der Waals surface area contributed by atoms with E-state index in [0.717, 1.165) is 11.1 Å². The lowest BCUT2D eigenvalue weighted by Gasteiger charge is -2.23. The number of nitrogens with one attached hydrogen (secondary N) is 1. The first-order valence-corrected chi connectivity index (χ1v) is 11.0. The molecule has 3 aromatic rings. The fraction of sp³-hybridized carbons (Fsp3) is 0.125. The van der Waals surface area contributed by atoms with Crippen LogP contribution in [0.5, 0.6) is 0 Å². The first kappa shape index (κ1) is 21.3. The van der Waals surface area contributed by atoms with Crippen LogP contribution in [0.15, 0.2) is 96.4 Å². The molecule has 0 atom stereocenters. The van der Waals surface area contributed by atoms with Crippen molar-refractivity contribution in [3.05, 3.63) is 108 Å². The molecule has 30 heavy (non-hydrogen) atoms. The van der Waals surface area contributed by atoms with Gasteiger partial charge in [-0.1, -0.05) is 66.2 Å². The Kier molecular flexibility index (Phi) is 6.69. The lowest BCUT2D eigenvalue weighted by atomic mass is 10.1. The zero-order valence-corrected chi connectivity index (χ0v) is 17.6. The fourth-order valence-electron chi connectivity index (χ4n) is 3.03. The van der Waals surface area contributed by atoms with Crippen molar-refractivity contribution in [1.82, 2.24) is 4.90 Å². The second-order valence-electron chi connectivity index (χ2n) is 6.92. The number of carbonyl (C=O) groups is 1. The first-order valence-electron chi connectivity index (χ1n) is 9.53. The van der Waals surface area contributed by atoms with Crippen LogP contribution in [-0.4, -0.2) is 25.8 Å². The molecule has 0 bridgehead atoms. The minimum atomic E-state index is -3.82. The van der Waals surface area contributed by atoms with Gasteiger partial charge in [0.15, 0.2) is 0 Å². The number of aryl methyl sites for hydroxylation is 1. The minimum absolute atomic E-state index is 0.141. The van der Waals surface area contributed by atoms with E-state index in [9.17, 15) is 13.2 Å². The molecule has 0 aliphatic carbocycles. The van der Waals surface area contributed by atoms with Crippen molar-refractivity contribution < 1.29 is 13.2 Å². The third-order valence-corrected chi connectivity index (χ3v) is 5.97. The Morgan fingerprint density at radius 1 is 0.967 bits per heavy atom. The van der Waals surface area contributed by atoms with Gasteiger partial charge in [0.25, 0.3) is 15.9 Å². The number of rotatable bonds is 8. The molecule has 0 unspecified atom stereocenters. The van der Waals surface area contributed by atoms with Crippen molar-refractivity contribution in [1.29, 1.82) is 0 Å². The van der Waals surface area contributed by atoms with Crippen LogP contribution in [0.3, 0.4) is 0 Å². The second-order valence-corrected chi connectivity index (χ2v) is 8.61. The largest absolute Gasteiger partial charge is 0.331 e. The average molecular weight is 421 g/mol. The zero-order valence-electron chi connectivity index (χ0n) is 16.8. The van der Waals surface area contributed by atoms with Gasteiger partial charge in [0, 0.05) is 13.1 Å². The average Bonchev–Trinajstić information content (AvgIpc) is 2.74. The highest BCUT2D eigenvalue weighted by Gasteiger charge is 2.22. The highest BCUT2D eigenvalue weighted by Crippen LogP contribution is 2.22. The summed E-state index contributed by atoms with van der Waals surface area (Å²) >= 11 is 0. The molecule has 6 heteroatoms. The second kappa shape index (κ2) is 9.41. The van der Waals surface area contributed by atoms with Gasteiger partial charge in [-0.05, 0) is 36.8 Å². The summed E-state index contributed by atoms with van der Waals surface area (Å²) in [6.07, 6.45) is 1.65. The molecular weight excluding hydrogens is 396 g/mol. The summed E-state index contributed by atoms with van der Waals surface area (Å²) in [4.78, 5) is 15.0. The molecule has 0 heterocycles. The quantitative estimate of drug-likeness (QED) is 0.541. The van der Waals surface area contributed by atoms with Crippen molar-refractivity contribution in [2.24, 2.45) is 0 Å². The molecule has 0 aliphatic heterocycles. The number of hydrogen-bond donors (Lipinski definition) is 1. The van der Waals surface area contributed by atoms with E-state index in [2.05, 4.69) is 11.3 Å². The summed E-state index contributed by atoms with van der Waals surface area (Å²) in [6, 6.07) is 22.8. The van der Waals surface area contributed by atoms with Crippen LogP contribution in [-0.2, 0) is 16.6 Å². The topological polar surface area (TPSA) is 66.5 Å². The Balaban J connectivity index is 1.90. The van der Waals surface area contributed by atoms with Gasteiger partial charge in [-0.25, -0.2) is 8.42 Å². The number of hydrogen-bond acceptors (Lipinski definition) is 3. The van der Waals surface area contributed by atoms with Crippen molar-refractivity contribution in [2.75, 3.05) is 11.3 Å². The molecule has 0 radical (unpaired) electrons. The van der Waals surface area contributed by atoms with Gasteiger partial charge in [-0.2, -0.15) is 0 Å². The van der Waals surface area contributed by atoms with Crippen LogP contribution >= 0.6 is 0 Å². The molecule has 0 fully saturated rings. The number of benzene rings is 3. The maximum atomic E-state index is 13.3. The van der Waals surface area contributed by atoms with Gasteiger partial charge in [0.2, 0.25) is 0 Å². The van der Waals surface area contributed by atoms with Crippen LogP contribution in [0, 0.1) is 6.92 Å². The Labute approximate surface area is 177 Å². The summed E-state index contributed by atoms with van der Waals surface area (Å²) in [5, 5.41) is 0. The van der Waals surface area contributed by atoms with Crippen molar-refractivity contribution in [3.63, 3.8) is 0 Å². The molecular formula is C24H24N2O3S. The van der Waals surface area contributed by atoms with Crippen LogP contribution in [0.4, 0.5) is 5.69 Å². The number of anilines is 1. The minimum Gasteiger partial charge on any atom is -0.331 e. The Hall–Kier alpha value is -3.38. The maximum Gasteiger partial charge on any atom is 0.261 e. The van der Waals surface area contributed by atoms with E-state index < -0.39 is 10.0 Å². The molecule has 1 N–H and O–H groups in total. The molecule has 0 saturated carbocycles. The highest BCUT2D eigenvalue weighted by atomic mass is 32.2. The summed E-state index contributed by atoms with van der Waals surface area (Å²) in [7, 11) is -3.82. The van der Waals surface area contributed by atoms with E-state index in [-0.39, 0.29) is 22.1 Å². The summed E-state index contributed by atoms with van der Waals surface area (Å²) in [5.41, 5.74) is 2.46. The van der Waals surface area contributed by atoms with Gasteiger partial charge < -0.3 is 4.90 Å². The van der Waals surface area contributed by atoms with E-state index in [0.29, 0.717) is 13.1 Å². The van der Waals surface area contributed by atoms with Crippen molar-refractivity contribution in [2.45, 2.75) is 18.4 Å². The smallest absolute Gasteiger partial charge is 0.261 e. The molecule has 0 spiro atoms. The lowest BCUT2D eigenvalue weighted by Crippen LogP contribution is -2.31. The highest BCUT2D eigenvalue weighted by molar-refractivity contribution is 7.92. The van der Waals surface area contributed by atoms with Crippen LogP contribution in [0.25, 0.3) is 0 Å². The lowest BCUT2D eigenvalue weighted by molar-refractivity contribution is 0.0764. The van der Waals surface area contributed by atoms with Gasteiger partial charge in [0.05, 0.1) is 16.1 Å². The molecule has 154 valence electrons. The molecule has 0 saturated heterocycles. The van der Waals surface area contributed by atoms with Crippen LogP contribution in [0.1, 0.15) is 21.5 Å². The Morgan fingerprint density at radius 2 is 1.60 bits per heavy atom.